The van der Waals surface area contributed by atoms with E-state index in [9.17, 15) is 4.79 Å². The molecule has 5 heteroatoms. The van der Waals surface area contributed by atoms with Gasteiger partial charge in [-0.25, -0.2) is 0 Å². The number of ether oxygens (including phenoxy) is 1. The number of carbonyl (C=O) groups is 1. The van der Waals surface area contributed by atoms with Gasteiger partial charge in [0, 0.05) is 29.3 Å². The lowest BCUT2D eigenvalue weighted by atomic mass is 10.0. The number of nitrogens with zero attached hydrogens (tertiary/aromatic N) is 1. The molecule has 1 fully saturated rings. The predicted octanol–water partition coefficient (Wildman–Crippen LogP) is 3.86. The molecule has 1 amide bonds. The van der Waals surface area contributed by atoms with Crippen LogP contribution in [0.2, 0.25) is 0 Å². The molecule has 2 aromatic rings. The predicted molar refractivity (Wildman–Crippen MR) is 86.6 cm³/mol. The second kappa shape index (κ2) is 7.11. The van der Waals surface area contributed by atoms with E-state index in [4.69, 9.17) is 9.15 Å². The first-order valence-electron chi connectivity index (χ1n) is 7.41. The largest absolute Gasteiger partial charge is 0.467 e. The molecule has 1 aromatic heterocycles. The number of hydrogen-bond acceptors (Lipinski definition) is 3. The van der Waals surface area contributed by atoms with Crippen LogP contribution < -0.4 is 0 Å². The minimum Gasteiger partial charge on any atom is -0.467 e. The molecule has 4 nitrogen and oxygen atoms in total. The van der Waals surface area contributed by atoms with Gasteiger partial charge in [0.1, 0.15) is 5.76 Å². The average molecular weight is 364 g/mol. The third-order valence-corrected chi connectivity index (χ3v) is 4.42. The minimum atomic E-state index is 0.0378. The molecule has 1 aromatic carbocycles. The van der Waals surface area contributed by atoms with Crippen molar-refractivity contribution in [2.24, 2.45) is 0 Å². The standard InChI is InChI=1S/C17H18BrNO3/c18-14-5-3-13(4-6-14)17(20)19(12-16-2-1-9-22-16)15-7-10-21-11-8-15/h1-6,9,15H,7-8,10-12H2. The Hall–Kier alpha value is -1.59. The molecule has 1 aliphatic heterocycles. The highest BCUT2D eigenvalue weighted by atomic mass is 79.9. The van der Waals surface area contributed by atoms with Crippen molar-refractivity contribution >= 4 is 21.8 Å². The molecule has 1 aliphatic rings. The van der Waals surface area contributed by atoms with Gasteiger partial charge >= 0.3 is 0 Å². The molecular formula is C17H18BrNO3. The van der Waals surface area contributed by atoms with E-state index in [1.54, 1.807) is 6.26 Å². The molecule has 0 N–H and O–H groups in total. The molecule has 3 rings (SSSR count). The van der Waals surface area contributed by atoms with Gasteiger partial charge in [-0.3, -0.25) is 4.79 Å². The summed E-state index contributed by atoms with van der Waals surface area (Å²) in [5, 5.41) is 0. The molecule has 116 valence electrons. The van der Waals surface area contributed by atoms with Crippen LogP contribution in [0.1, 0.15) is 29.0 Å². The summed E-state index contributed by atoms with van der Waals surface area (Å²) in [5.74, 6) is 0.841. The second-order valence-corrected chi connectivity index (χ2v) is 6.28. The van der Waals surface area contributed by atoms with Crippen LogP contribution in [0, 0.1) is 0 Å². The van der Waals surface area contributed by atoms with Crippen molar-refractivity contribution in [3.63, 3.8) is 0 Å². The highest BCUT2D eigenvalue weighted by Crippen LogP contribution is 2.21. The van der Waals surface area contributed by atoms with Crippen LogP contribution in [0.3, 0.4) is 0 Å². The minimum absolute atomic E-state index is 0.0378. The Morgan fingerprint density at radius 1 is 1.18 bits per heavy atom. The monoisotopic (exact) mass is 363 g/mol. The van der Waals surface area contributed by atoms with Gasteiger partial charge in [-0.15, -0.1) is 0 Å². The summed E-state index contributed by atoms with van der Waals surface area (Å²) in [5.41, 5.74) is 0.696. The first-order chi connectivity index (χ1) is 10.7. The van der Waals surface area contributed by atoms with Crippen molar-refractivity contribution < 1.29 is 13.9 Å². The Balaban J connectivity index is 1.82. The van der Waals surface area contributed by atoms with E-state index in [0.29, 0.717) is 25.3 Å². The third kappa shape index (κ3) is 3.59. The second-order valence-electron chi connectivity index (χ2n) is 5.36. The van der Waals surface area contributed by atoms with E-state index in [1.807, 2.05) is 41.3 Å². The maximum absolute atomic E-state index is 12.9. The number of furan rings is 1. The molecular weight excluding hydrogens is 346 g/mol. The number of halogens is 1. The lowest BCUT2D eigenvalue weighted by Crippen LogP contribution is -2.42. The fourth-order valence-corrected chi connectivity index (χ4v) is 2.96. The molecule has 0 saturated carbocycles. The van der Waals surface area contributed by atoms with Crippen LogP contribution in [0.15, 0.2) is 51.6 Å². The van der Waals surface area contributed by atoms with Gasteiger partial charge in [0.15, 0.2) is 0 Å². The van der Waals surface area contributed by atoms with Crippen LogP contribution in [0.4, 0.5) is 0 Å². The summed E-state index contributed by atoms with van der Waals surface area (Å²) in [6, 6.07) is 11.4. The average Bonchev–Trinajstić information content (AvgIpc) is 3.07. The van der Waals surface area contributed by atoms with Crippen molar-refractivity contribution in [3.05, 3.63) is 58.5 Å². The van der Waals surface area contributed by atoms with Gasteiger partial charge < -0.3 is 14.1 Å². The van der Waals surface area contributed by atoms with Crippen LogP contribution in [0.5, 0.6) is 0 Å². The third-order valence-electron chi connectivity index (χ3n) is 3.89. The highest BCUT2D eigenvalue weighted by molar-refractivity contribution is 9.10. The Morgan fingerprint density at radius 3 is 2.55 bits per heavy atom. The topological polar surface area (TPSA) is 42.7 Å². The molecule has 0 radical (unpaired) electrons. The Labute approximate surface area is 138 Å². The molecule has 22 heavy (non-hydrogen) atoms. The van der Waals surface area contributed by atoms with Crippen molar-refractivity contribution in [3.8, 4) is 0 Å². The van der Waals surface area contributed by atoms with Gasteiger partial charge in [0.25, 0.3) is 5.91 Å². The van der Waals surface area contributed by atoms with Crippen molar-refractivity contribution in [2.45, 2.75) is 25.4 Å². The van der Waals surface area contributed by atoms with Gasteiger partial charge in [-0.1, -0.05) is 15.9 Å². The van der Waals surface area contributed by atoms with Crippen LogP contribution in [0.25, 0.3) is 0 Å². The number of hydrogen-bond donors (Lipinski definition) is 0. The molecule has 0 spiro atoms. The van der Waals surface area contributed by atoms with E-state index >= 15 is 0 Å². The van der Waals surface area contributed by atoms with Crippen molar-refractivity contribution in [1.82, 2.24) is 4.90 Å². The smallest absolute Gasteiger partial charge is 0.254 e. The van der Waals surface area contributed by atoms with E-state index in [-0.39, 0.29) is 11.9 Å². The van der Waals surface area contributed by atoms with Crippen molar-refractivity contribution in [2.75, 3.05) is 13.2 Å². The first-order valence-corrected chi connectivity index (χ1v) is 8.20. The fraction of sp³-hybridized carbons (Fsp3) is 0.353. The summed E-state index contributed by atoms with van der Waals surface area (Å²) in [6.45, 7) is 1.90. The summed E-state index contributed by atoms with van der Waals surface area (Å²) in [7, 11) is 0. The van der Waals surface area contributed by atoms with E-state index in [1.165, 1.54) is 0 Å². The number of benzene rings is 1. The number of rotatable bonds is 4. The van der Waals surface area contributed by atoms with Gasteiger partial charge in [0.2, 0.25) is 0 Å². The van der Waals surface area contributed by atoms with Crippen LogP contribution >= 0.6 is 15.9 Å². The Morgan fingerprint density at radius 2 is 1.91 bits per heavy atom. The maximum atomic E-state index is 12.9. The molecule has 2 heterocycles. The zero-order valence-electron chi connectivity index (χ0n) is 12.2. The van der Waals surface area contributed by atoms with E-state index < -0.39 is 0 Å². The summed E-state index contributed by atoms with van der Waals surface area (Å²) in [4.78, 5) is 14.8. The summed E-state index contributed by atoms with van der Waals surface area (Å²) in [6.07, 6.45) is 3.37. The van der Waals surface area contributed by atoms with E-state index in [0.717, 1.165) is 23.1 Å². The molecule has 0 unspecified atom stereocenters. The number of amides is 1. The fourth-order valence-electron chi connectivity index (χ4n) is 2.69. The zero-order chi connectivity index (χ0) is 15.4. The summed E-state index contributed by atoms with van der Waals surface area (Å²) < 4.78 is 11.8. The molecule has 0 bridgehead atoms. The molecule has 0 atom stereocenters. The summed E-state index contributed by atoms with van der Waals surface area (Å²) >= 11 is 3.40. The lowest BCUT2D eigenvalue weighted by Gasteiger charge is -2.34. The normalized spacial score (nSPS) is 15.7. The number of carbonyl (C=O) groups excluding carboxylic acids is 1. The quantitative estimate of drug-likeness (QED) is 0.827. The maximum Gasteiger partial charge on any atom is 0.254 e. The van der Waals surface area contributed by atoms with Crippen LogP contribution in [-0.2, 0) is 11.3 Å². The van der Waals surface area contributed by atoms with E-state index in [2.05, 4.69) is 15.9 Å². The highest BCUT2D eigenvalue weighted by Gasteiger charge is 2.27. The molecule has 0 aliphatic carbocycles. The Bertz CT molecular complexity index is 603. The Kier molecular flexibility index (Phi) is 4.95. The van der Waals surface area contributed by atoms with Gasteiger partial charge in [0.05, 0.1) is 12.8 Å². The molecule has 1 saturated heterocycles. The van der Waals surface area contributed by atoms with Gasteiger partial charge in [-0.05, 0) is 49.2 Å². The zero-order valence-corrected chi connectivity index (χ0v) is 13.8. The van der Waals surface area contributed by atoms with Crippen molar-refractivity contribution in [1.29, 1.82) is 0 Å². The first kappa shape index (κ1) is 15.3. The van der Waals surface area contributed by atoms with Crippen LogP contribution in [-0.4, -0.2) is 30.1 Å². The van der Waals surface area contributed by atoms with Gasteiger partial charge in [-0.2, -0.15) is 0 Å². The SMILES string of the molecule is O=C(c1ccc(Br)cc1)N(Cc1ccco1)C1CCOCC1. The lowest BCUT2D eigenvalue weighted by molar-refractivity contribution is 0.0250.